The third-order valence-electron chi connectivity index (χ3n) is 4.15. The lowest BCUT2D eigenvalue weighted by Gasteiger charge is -2.20. The van der Waals surface area contributed by atoms with Gasteiger partial charge in [0, 0.05) is 22.5 Å². The van der Waals surface area contributed by atoms with Gasteiger partial charge in [-0.05, 0) is 36.3 Å². The third-order valence-corrected chi connectivity index (χ3v) is 5.47. The molecule has 2 aliphatic rings. The van der Waals surface area contributed by atoms with Crippen molar-refractivity contribution in [3.05, 3.63) is 29.3 Å². The maximum Gasteiger partial charge on any atom is 0.251 e. The van der Waals surface area contributed by atoms with Crippen LogP contribution in [0.1, 0.15) is 42.1 Å². The second-order valence-corrected chi connectivity index (χ2v) is 7.12. The Morgan fingerprint density at radius 2 is 2.29 bits per heavy atom. The summed E-state index contributed by atoms with van der Waals surface area (Å²) in [5.74, 6) is 1.05. The number of nitrogens with one attached hydrogen (secondary N) is 2. The number of carbonyl (C=O) groups excluding carboxylic acids is 2. The van der Waals surface area contributed by atoms with Crippen molar-refractivity contribution in [3.8, 4) is 0 Å². The van der Waals surface area contributed by atoms with Gasteiger partial charge < -0.3 is 10.6 Å². The van der Waals surface area contributed by atoms with Gasteiger partial charge in [0.05, 0.1) is 6.42 Å². The number of carbonyl (C=O) groups is 2. The third kappa shape index (κ3) is 3.07. The van der Waals surface area contributed by atoms with E-state index >= 15 is 0 Å². The van der Waals surface area contributed by atoms with Crippen LogP contribution in [0.4, 0.5) is 5.69 Å². The van der Waals surface area contributed by atoms with Crippen LogP contribution < -0.4 is 10.6 Å². The largest absolute Gasteiger partial charge is 0.348 e. The molecule has 2 unspecified atom stereocenters. The molecule has 2 amide bonds. The van der Waals surface area contributed by atoms with Gasteiger partial charge in [-0.2, -0.15) is 11.8 Å². The normalized spacial score (nSPS) is 23.8. The smallest absolute Gasteiger partial charge is 0.251 e. The number of hydrogen-bond acceptors (Lipinski definition) is 3. The minimum absolute atomic E-state index is 0.00207. The quantitative estimate of drug-likeness (QED) is 0.899. The fourth-order valence-electron chi connectivity index (χ4n) is 3.11. The van der Waals surface area contributed by atoms with Gasteiger partial charge in [0.1, 0.15) is 0 Å². The topological polar surface area (TPSA) is 58.2 Å². The Morgan fingerprint density at radius 1 is 1.43 bits per heavy atom. The summed E-state index contributed by atoms with van der Waals surface area (Å²) in [5, 5.41) is 6.49. The maximum absolute atomic E-state index is 12.4. The van der Waals surface area contributed by atoms with Crippen LogP contribution >= 0.6 is 11.8 Å². The minimum Gasteiger partial charge on any atom is -0.348 e. The lowest BCUT2D eigenvalue weighted by molar-refractivity contribution is -0.115. The van der Waals surface area contributed by atoms with Crippen molar-refractivity contribution in [2.75, 3.05) is 11.1 Å². The van der Waals surface area contributed by atoms with Gasteiger partial charge in [0.2, 0.25) is 5.91 Å². The van der Waals surface area contributed by atoms with Crippen LogP contribution in [0.2, 0.25) is 0 Å². The molecule has 0 aromatic heterocycles. The summed E-state index contributed by atoms with van der Waals surface area (Å²) in [6.45, 7) is 2.16. The van der Waals surface area contributed by atoms with Crippen LogP contribution in [0.25, 0.3) is 0 Å². The molecule has 1 aromatic rings. The van der Waals surface area contributed by atoms with Crippen molar-refractivity contribution in [3.63, 3.8) is 0 Å². The molecular weight excluding hydrogens is 284 g/mol. The Morgan fingerprint density at radius 3 is 3.10 bits per heavy atom. The van der Waals surface area contributed by atoms with Crippen molar-refractivity contribution in [2.45, 2.75) is 43.9 Å². The van der Waals surface area contributed by atoms with Crippen LogP contribution in [-0.2, 0) is 11.2 Å². The summed E-state index contributed by atoms with van der Waals surface area (Å²) >= 11 is 1.93. The Hall–Kier alpha value is -1.49. The first-order chi connectivity index (χ1) is 10.2. The number of amides is 2. The van der Waals surface area contributed by atoms with Gasteiger partial charge in [-0.1, -0.05) is 19.4 Å². The molecule has 0 radical (unpaired) electrons. The van der Waals surface area contributed by atoms with Crippen molar-refractivity contribution < 1.29 is 9.59 Å². The highest BCUT2D eigenvalue weighted by atomic mass is 32.2. The summed E-state index contributed by atoms with van der Waals surface area (Å²) in [6.07, 6.45) is 3.84. The lowest BCUT2D eigenvalue weighted by atomic mass is 10.1. The number of benzene rings is 1. The molecule has 5 heteroatoms. The summed E-state index contributed by atoms with van der Waals surface area (Å²) in [5.41, 5.74) is 2.37. The fourth-order valence-corrected chi connectivity index (χ4v) is 4.31. The fraction of sp³-hybridized carbons (Fsp3) is 0.500. The highest BCUT2D eigenvalue weighted by Crippen LogP contribution is 2.30. The molecule has 2 atom stereocenters. The zero-order valence-corrected chi connectivity index (χ0v) is 13.0. The van der Waals surface area contributed by atoms with Gasteiger partial charge >= 0.3 is 0 Å². The van der Waals surface area contributed by atoms with E-state index in [0.29, 0.717) is 17.2 Å². The zero-order valence-electron chi connectivity index (χ0n) is 12.1. The summed E-state index contributed by atoms with van der Waals surface area (Å²) in [4.78, 5) is 23.8. The van der Waals surface area contributed by atoms with Crippen molar-refractivity contribution >= 4 is 29.3 Å². The molecule has 3 rings (SSSR count). The standard InChI is InChI=1S/C16H20N2O2S/c1-2-21-14-5-3-4-12(14)18-16(20)11-7-6-10-9-15(19)17-13(10)8-11/h6-8,12,14H,2-5,9H2,1H3,(H,17,19)(H,18,20). The van der Waals surface area contributed by atoms with Crippen molar-refractivity contribution in [1.82, 2.24) is 5.32 Å². The van der Waals surface area contributed by atoms with Crippen molar-refractivity contribution in [2.24, 2.45) is 0 Å². The summed E-state index contributed by atoms with van der Waals surface area (Å²) < 4.78 is 0. The first kappa shape index (κ1) is 14.4. The van der Waals surface area contributed by atoms with Crippen molar-refractivity contribution in [1.29, 1.82) is 0 Å². The molecule has 21 heavy (non-hydrogen) atoms. The van der Waals surface area contributed by atoms with E-state index in [-0.39, 0.29) is 17.9 Å². The van der Waals surface area contributed by atoms with Gasteiger partial charge in [-0.25, -0.2) is 0 Å². The Kier molecular flexibility index (Phi) is 4.19. The second kappa shape index (κ2) is 6.10. The molecule has 112 valence electrons. The van der Waals surface area contributed by atoms with Crippen LogP contribution in [0, 0.1) is 0 Å². The van der Waals surface area contributed by atoms with E-state index in [1.54, 1.807) is 6.07 Å². The second-order valence-electron chi connectivity index (χ2n) is 5.60. The predicted octanol–water partition coefficient (Wildman–Crippen LogP) is 2.59. The molecule has 4 nitrogen and oxygen atoms in total. The van der Waals surface area contributed by atoms with E-state index in [2.05, 4.69) is 17.6 Å². The molecule has 2 N–H and O–H groups in total. The molecule has 1 fully saturated rings. The van der Waals surface area contributed by atoms with Gasteiger partial charge in [0.25, 0.3) is 5.91 Å². The number of anilines is 1. The van der Waals surface area contributed by atoms with E-state index in [0.717, 1.165) is 23.4 Å². The molecule has 0 spiro atoms. The van der Waals surface area contributed by atoms with Crippen LogP contribution in [0.5, 0.6) is 0 Å². The molecule has 1 aromatic carbocycles. The van der Waals surface area contributed by atoms with E-state index in [1.165, 1.54) is 12.8 Å². The lowest BCUT2D eigenvalue weighted by Crippen LogP contribution is -2.38. The van der Waals surface area contributed by atoms with E-state index in [9.17, 15) is 9.59 Å². The Balaban J connectivity index is 1.68. The number of rotatable bonds is 4. The van der Waals surface area contributed by atoms with Gasteiger partial charge in [0.15, 0.2) is 0 Å². The summed E-state index contributed by atoms with van der Waals surface area (Å²) in [7, 11) is 0. The molecule has 0 bridgehead atoms. The number of fused-ring (bicyclic) bond motifs is 1. The molecule has 1 heterocycles. The Labute approximate surface area is 129 Å². The molecular formula is C16H20N2O2S. The average Bonchev–Trinajstić information content (AvgIpc) is 3.04. The number of thioether (sulfide) groups is 1. The Bertz CT molecular complexity index is 573. The molecule has 1 aliphatic carbocycles. The number of hydrogen-bond donors (Lipinski definition) is 2. The first-order valence-corrected chi connectivity index (χ1v) is 8.57. The molecule has 1 saturated carbocycles. The molecule has 1 aliphatic heterocycles. The SMILES string of the molecule is CCSC1CCCC1NC(=O)c1ccc2c(c1)NC(=O)C2. The summed E-state index contributed by atoms with van der Waals surface area (Å²) in [6, 6.07) is 5.73. The minimum atomic E-state index is -0.0347. The van der Waals surface area contributed by atoms with Crippen LogP contribution in [-0.4, -0.2) is 28.9 Å². The van der Waals surface area contributed by atoms with E-state index in [4.69, 9.17) is 0 Å². The maximum atomic E-state index is 12.4. The van der Waals surface area contributed by atoms with Crippen LogP contribution in [0.3, 0.4) is 0 Å². The predicted molar refractivity (Wildman–Crippen MR) is 85.8 cm³/mol. The van der Waals surface area contributed by atoms with Crippen LogP contribution in [0.15, 0.2) is 18.2 Å². The highest BCUT2D eigenvalue weighted by Gasteiger charge is 2.29. The highest BCUT2D eigenvalue weighted by molar-refractivity contribution is 7.99. The average molecular weight is 304 g/mol. The zero-order chi connectivity index (χ0) is 14.8. The van der Waals surface area contributed by atoms with E-state index < -0.39 is 0 Å². The monoisotopic (exact) mass is 304 g/mol. The van der Waals surface area contributed by atoms with Gasteiger partial charge in [-0.15, -0.1) is 0 Å². The van der Waals surface area contributed by atoms with E-state index in [1.807, 2.05) is 23.9 Å². The first-order valence-electron chi connectivity index (χ1n) is 7.52. The molecule has 0 saturated heterocycles. The van der Waals surface area contributed by atoms with Gasteiger partial charge in [-0.3, -0.25) is 9.59 Å².